The van der Waals surface area contributed by atoms with Gasteiger partial charge in [-0.3, -0.25) is 19.9 Å². The number of aryl methyl sites for hydroxylation is 1. The maximum absolute atomic E-state index is 12.7. The largest absolute Gasteiger partial charge is 0.334 e. The zero-order chi connectivity index (χ0) is 15.6. The van der Waals surface area contributed by atoms with Crippen molar-refractivity contribution in [1.82, 2.24) is 9.88 Å². The van der Waals surface area contributed by atoms with E-state index in [4.69, 9.17) is 5.73 Å². The molecule has 2 N–H and O–H groups in total. The average Bonchev–Trinajstić information content (AvgIpc) is 2.46. The van der Waals surface area contributed by atoms with E-state index in [1.165, 1.54) is 12.3 Å². The molecule has 1 aliphatic rings. The first-order chi connectivity index (χ1) is 9.91. The number of rotatable bonds is 3. The third-order valence-electron chi connectivity index (χ3n) is 3.93. The first-order valence-electron chi connectivity index (χ1n) is 7.09. The predicted octanol–water partition coefficient (Wildman–Crippen LogP) is 1.64. The van der Waals surface area contributed by atoms with Crippen LogP contribution in [-0.4, -0.2) is 39.3 Å². The molecule has 114 valence electrons. The molecule has 1 amide bonds. The number of nitro groups is 1. The summed E-state index contributed by atoms with van der Waals surface area (Å²) in [6.45, 7) is 4.20. The van der Waals surface area contributed by atoms with Gasteiger partial charge in [0.1, 0.15) is 6.20 Å². The molecular weight excluding hydrogens is 272 g/mol. The number of nitrogens with two attached hydrogens (primary N) is 1. The number of aromatic nitrogens is 1. The molecule has 0 radical (unpaired) electrons. The number of likely N-dealkylation sites (tertiary alicyclic amines) is 1. The number of hydrogen-bond acceptors (Lipinski definition) is 5. The second-order valence-electron chi connectivity index (χ2n) is 5.50. The van der Waals surface area contributed by atoms with Gasteiger partial charge in [-0.1, -0.05) is 0 Å². The summed E-state index contributed by atoms with van der Waals surface area (Å²) in [5.74, 6) is -0.217. The van der Waals surface area contributed by atoms with E-state index in [0.717, 1.165) is 19.3 Å². The Bertz CT molecular complexity index is 559. The monoisotopic (exact) mass is 292 g/mol. The van der Waals surface area contributed by atoms with Crippen LogP contribution in [0, 0.1) is 17.0 Å². The molecule has 1 aromatic rings. The second-order valence-corrected chi connectivity index (χ2v) is 5.50. The molecule has 0 spiro atoms. The standard InChI is InChI=1S/C14H20N4O3/c1-9(15)13-5-3-4-6-17(13)14(19)12-7-11(18(20)21)8-16-10(12)2/h7-9,13H,3-6,15H2,1-2H3. The Kier molecular flexibility index (Phi) is 4.52. The molecule has 0 aliphatic carbocycles. The van der Waals surface area contributed by atoms with Crippen molar-refractivity contribution >= 4 is 11.6 Å². The van der Waals surface area contributed by atoms with Crippen molar-refractivity contribution < 1.29 is 9.72 Å². The lowest BCUT2D eigenvalue weighted by Gasteiger charge is -2.38. The van der Waals surface area contributed by atoms with Crippen molar-refractivity contribution in [2.24, 2.45) is 5.73 Å². The zero-order valence-corrected chi connectivity index (χ0v) is 12.3. The minimum Gasteiger partial charge on any atom is -0.334 e. The van der Waals surface area contributed by atoms with Crippen LogP contribution in [0.1, 0.15) is 42.2 Å². The van der Waals surface area contributed by atoms with Crippen molar-refractivity contribution in [3.63, 3.8) is 0 Å². The van der Waals surface area contributed by atoms with Gasteiger partial charge in [-0.15, -0.1) is 0 Å². The number of pyridine rings is 1. The van der Waals surface area contributed by atoms with Gasteiger partial charge >= 0.3 is 0 Å². The van der Waals surface area contributed by atoms with E-state index in [0.29, 0.717) is 12.2 Å². The van der Waals surface area contributed by atoms with E-state index in [9.17, 15) is 14.9 Å². The van der Waals surface area contributed by atoms with E-state index >= 15 is 0 Å². The maximum atomic E-state index is 12.7. The third kappa shape index (κ3) is 3.18. The van der Waals surface area contributed by atoms with E-state index < -0.39 is 4.92 Å². The number of amides is 1. The lowest BCUT2D eigenvalue weighted by atomic mass is 9.96. The highest BCUT2D eigenvalue weighted by molar-refractivity contribution is 5.96. The van der Waals surface area contributed by atoms with E-state index in [2.05, 4.69) is 4.98 Å². The van der Waals surface area contributed by atoms with Crippen molar-refractivity contribution in [3.05, 3.63) is 33.6 Å². The fourth-order valence-electron chi connectivity index (χ4n) is 2.75. The Morgan fingerprint density at radius 2 is 2.29 bits per heavy atom. The number of carbonyl (C=O) groups is 1. The van der Waals surface area contributed by atoms with Crippen molar-refractivity contribution in [3.8, 4) is 0 Å². The van der Waals surface area contributed by atoms with Crippen LogP contribution in [0.4, 0.5) is 5.69 Å². The summed E-state index contributed by atoms with van der Waals surface area (Å²) in [6, 6.07) is 1.16. The highest BCUT2D eigenvalue weighted by atomic mass is 16.6. The Hall–Kier alpha value is -2.02. The average molecular weight is 292 g/mol. The number of hydrogen-bond donors (Lipinski definition) is 1. The van der Waals surface area contributed by atoms with Gasteiger partial charge in [0.2, 0.25) is 0 Å². The Morgan fingerprint density at radius 3 is 2.90 bits per heavy atom. The summed E-state index contributed by atoms with van der Waals surface area (Å²) in [6.07, 6.45) is 4.01. The van der Waals surface area contributed by atoms with Gasteiger partial charge < -0.3 is 10.6 Å². The molecule has 7 nitrogen and oxygen atoms in total. The van der Waals surface area contributed by atoms with Crippen molar-refractivity contribution in [2.45, 2.75) is 45.2 Å². The van der Waals surface area contributed by atoms with Crippen LogP contribution in [0.2, 0.25) is 0 Å². The third-order valence-corrected chi connectivity index (χ3v) is 3.93. The van der Waals surface area contributed by atoms with Crippen LogP contribution in [0.3, 0.4) is 0 Å². The smallest absolute Gasteiger partial charge is 0.288 e. The maximum Gasteiger partial charge on any atom is 0.288 e. The predicted molar refractivity (Wildman–Crippen MR) is 78.0 cm³/mol. The van der Waals surface area contributed by atoms with E-state index in [1.807, 2.05) is 6.92 Å². The van der Waals surface area contributed by atoms with Gasteiger partial charge in [0, 0.05) is 24.7 Å². The molecule has 1 fully saturated rings. The van der Waals surface area contributed by atoms with Gasteiger partial charge in [0.15, 0.2) is 0 Å². The SMILES string of the molecule is Cc1ncc([N+](=O)[O-])cc1C(=O)N1CCCCC1C(C)N. The number of nitrogens with zero attached hydrogens (tertiary/aromatic N) is 3. The van der Waals surface area contributed by atoms with Gasteiger partial charge in [-0.25, -0.2) is 0 Å². The molecular formula is C14H20N4O3. The van der Waals surface area contributed by atoms with Crippen LogP contribution in [0.25, 0.3) is 0 Å². The van der Waals surface area contributed by atoms with Crippen LogP contribution >= 0.6 is 0 Å². The van der Waals surface area contributed by atoms with Crippen LogP contribution in [0.15, 0.2) is 12.3 Å². The Balaban J connectivity index is 2.34. The highest BCUT2D eigenvalue weighted by Crippen LogP contribution is 2.23. The summed E-state index contributed by atoms with van der Waals surface area (Å²) in [5.41, 5.74) is 6.59. The van der Waals surface area contributed by atoms with Gasteiger partial charge in [-0.2, -0.15) is 0 Å². The molecule has 0 bridgehead atoms. The van der Waals surface area contributed by atoms with Crippen molar-refractivity contribution in [2.75, 3.05) is 6.54 Å². The van der Waals surface area contributed by atoms with E-state index in [1.54, 1.807) is 11.8 Å². The summed E-state index contributed by atoms with van der Waals surface area (Å²) in [7, 11) is 0. The van der Waals surface area contributed by atoms with Gasteiger partial charge in [-0.05, 0) is 33.1 Å². The van der Waals surface area contributed by atoms with Crippen molar-refractivity contribution in [1.29, 1.82) is 0 Å². The zero-order valence-electron chi connectivity index (χ0n) is 12.3. The second kappa shape index (κ2) is 6.17. The first kappa shape index (κ1) is 15.4. The van der Waals surface area contributed by atoms with Gasteiger partial charge in [0.05, 0.1) is 16.2 Å². The summed E-state index contributed by atoms with van der Waals surface area (Å²) < 4.78 is 0. The summed E-state index contributed by atoms with van der Waals surface area (Å²) in [5, 5.41) is 10.9. The fraction of sp³-hybridized carbons (Fsp3) is 0.571. The molecule has 7 heteroatoms. The highest BCUT2D eigenvalue weighted by Gasteiger charge is 2.31. The van der Waals surface area contributed by atoms with Gasteiger partial charge in [0.25, 0.3) is 11.6 Å². The topological polar surface area (TPSA) is 102 Å². The molecule has 21 heavy (non-hydrogen) atoms. The molecule has 2 unspecified atom stereocenters. The van der Waals surface area contributed by atoms with Crippen LogP contribution < -0.4 is 5.73 Å². The molecule has 1 saturated heterocycles. The lowest BCUT2D eigenvalue weighted by Crippen LogP contribution is -2.51. The molecule has 1 aromatic heterocycles. The van der Waals surface area contributed by atoms with Crippen LogP contribution in [-0.2, 0) is 0 Å². The lowest BCUT2D eigenvalue weighted by molar-refractivity contribution is -0.385. The molecule has 1 aliphatic heterocycles. The Labute approximate surface area is 123 Å². The minimum absolute atomic E-state index is 0.0232. The number of piperidine rings is 1. The summed E-state index contributed by atoms with van der Waals surface area (Å²) >= 11 is 0. The molecule has 2 rings (SSSR count). The molecule has 0 aromatic carbocycles. The first-order valence-corrected chi connectivity index (χ1v) is 7.09. The quantitative estimate of drug-likeness (QED) is 0.674. The molecule has 2 heterocycles. The summed E-state index contributed by atoms with van der Waals surface area (Å²) in [4.78, 5) is 28.7. The minimum atomic E-state index is -0.539. The van der Waals surface area contributed by atoms with Crippen LogP contribution in [0.5, 0.6) is 0 Å². The van der Waals surface area contributed by atoms with E-state index in [-0.39, 0.29) is 29.2 Å². The Morgan fingerprint density at radius 1 is 1.57 bits per heavy atom. The number of carbonyl (C=O) groups excluding carboxylic acids is 1. The normalized spacial score (nSPS) is 20.1. The molecule has 2 atom stereocenters. The molecule has 0 saturated carbocycles. The fourth-order valence-corrected chi connectivity index (χ4v) is 2.75.